The summed E-state index contributed by atoms with van der Waals surface area (Å²) >= 11 is 18.7. The van der Waals surface area contributed by atoms with Crippen LogP contribution in [0.4, 0.5) is 0 Å². The van der Waals surface area contributed by atoms with Gasteiger partial charge in [-0.15, -0.1) is 0 Å². The quantitative estimate of drug-likeness (QED) is 0.443. The lowest BCUT2D eigenvalue weighted by Gasteiger charge is -2.26. The first-order valence-electron chi connectivity index (χ1n) is 10.7. The molecule has 1 saturated carbocycles. The molecule has 8 heteroatoms. The van der Waals surface area contributed by atoms with Crippen LogP contribution in [0.1, 0.15) is 43.2 Å². The lowest BCUT2D eigenvalue weighted by molar-refractivity contribution is 0.0855. The summed E-state index contributed by atoms with van der Waals surface area (Å²) in [5, 5.41) is 14.5. The van der Waals surface area contributed by atoms with E-state index in [1.807, 2.05) is 41.8 Å². The van der Waals surface area contributed by atoms with Gasteiger partial charge in [0, 0.05) is 33.8 Å². The average Bonchev–Trinajstić information content (AvgIpc) is 3.15. The second kappa shape index (κ2) is 9.84. The van der Waals surface area contributed by atoms with Gasteiger partial charge in [0.15, 0.2) is 5.82 Å². The first-order chi connectivity index (χ1) is 15.4. The highest BCUT2D eigenvalue weighted by molar-refractivity contribution is 6.36. The number of nitrogens with one attached hydrogen (secondary N) is 1. The summed E-state index contributed by atoms with van der Waals surface area (Å²) in [6.45, 7) is 2.52. The van der Waals surface area contributed by atoms with Crippen molar-refractivity contribution in [1.82, 2.24) is 14.9 Å². The van der Waals surface area contributed by atoms with E-state index in [0.717, 1.165) is 24.1 Å². The molecule has 32 heavy (non-hydrogen) atoms. The van der Waals surface area contributed by atoms with Gasteiger partial charge < -0.3 is 15.0 Å². The Hall–Kier alpha value is -2.05. The summed E-state index contributed by atoms with van der Waals surface area (Å²) in [6, 6.07) is 12.7. The van der Waals surface area contributed by atoms with Crippen molar-refractivity contribution in [1.29, 1.82) is 0 Å². The minimum Gasteiger partial charge on any atom is -0.393 e. The van der Waals surface area contributed by atoms with Gasteiger partial charge in [-0.25, -0.2) is 4.98 Å². The molecule has 0 radical (unpaired) electrons. The minimum absolute atomic E-state index is 0.0226. The van der Waals surface area contributed by atoms with Crippen molar-refractivity contribution >= 4 is 40.7 Å². The van der Waals surface area contributed by atoms with Gasteiger partial charge in [0.1, 0.15) is 0 Å². The number of nitrogens with zero attached hydrogens (tertiary/aromatic N) is 2. The number of carbonyl (C=O) groups excluding carboxylic acids is 1. The first-order valence-corrected chi connectivity index (χ1v) is 11.8. The van der Waals surface area contributed by atoms with E-state index in [4.69, 9.17) is 39.8 Å². The summed E-state index contributed by atoms with van der Waals surface area (Å²) in [4.78, 5) is 18.0. The molecule has 168 valence electrons. The van der Waals surface area contributed by atoms with Gasteiger partial charge in [0.2, 0.25) is 0 Å². The fourth-order valence-electron chi connectivity index (χ4n) is 4.17. The summed E-state index contributed by atoms with van der Waals surface area (Å²) in [7, 11) is 0. The van der Waals surface area contributed by atoms with Gasteiger partial charge in [0.05, 0.1) is 22.5 Å². The van der Waals surface area contributed by atoms with Crippen molar-refractivity contribution in [2.24, 2.45) is 0 Å². The third-order valence-electron chi connectivity index (χ3n) is 5.82. The standard InChI is InChI=1S/C24H24Cl3N3O2/c1-2-30-22(14-3-5-15(25)6-4-14)21(19-12-7-16(26)13-20(19)27)29-23(30)24(32)28-17-8-10-18(31)11-9-17/h3-7,12-13,17-18,31H,2,8-11H2,1H3,(H,28,32). The Bertz CT molecular complexity index is 1120. The molecule has 3 aromatic rings. The Morgan fingerprint density at radius 2 is 1.72 bits per heavy atom. The normalized spacial score (nSPS) is 18.5. The van der Waals surface area contributed by atoms with Crippen molar-refractivity contribution in [2.45, 2.75) is 51.3 Å². The van der Waals surface area contributed by atoms with Crippen LogP contribution in [0.2, 0.25) is 15.1 Å². The number of hydrogen-bond donors (Lipinski definition) is 2. The second-order valence-corrected chi connectivity index (χ2v) is 9.27. The van der Waals surface area contributed by atoms with E-state index >= 15 is 0 Å². The monoisotopic (exact) mass is 491 g/mol. The van der Waals surface area contributed by atoms with E-state index in [0.29, 0.717) is 51.5 Å². The fourth-order valence-corrected chi connectivity index (χ4v) is 4.80. The van der Waals surface area contributed by atoms with Gasteiger partial charge in [-0.2, -0.15) is 0 Å². The molecule has 0 bridgehead atoms. The van der Waals surface area contributed by atoms with Crippen LogP contribution in [0, 0.1) is 0 Å². The average molecular weight is 493 g/mol. The Labute approximate surface area is 202 Å². The van der Waals surface area contributed by atoms with Gasteiger partial charge in [-0.1, -0.05) is 46.9 Å². The van der Waals surface area contributed by atoms with Gasteiger partial charge >= 0.3 is 0 Å². The summed E-state index contributed by atoms with van der Waals surface area (Å²) in [5.41, 5.74) is 2.98. The topological polar surface area (TPSA) is 67.2 Å². The molecule has 0 saturated heterocycles. The van der Waals surface area contributed by atoms with Crippen LogP contribution in [-0.4, -0.2) is 32.7 Å². The molecule has 2 aromatic carbocycles. The van der Waals surface area contributed by atoms with Crippen LogP contribution in [-0.2, 0) is 6.54 Å². The molecule has 0 spiro atoms. The zero-order chi connectivity index (χ0) is 22.8. The van der Waals surface area contributed by atoms with Crippen LogP contribution >= 0.6 is 34.8 Å². The summed E-state index contributed by atoms with van der Waals surface area (Å²) < 4.78 is 1.90. The molecule has 2 N–H and O–H groups in total. The molecule has 1 aliphatic carbocycles. The first kappa shape index (κ1) is 23.1. The molecule has 1 aromatic heterocycles. The zero-order valence-electron chi connectivity index (χ0n) is 17.6. The Morgan fingerprint density at radius 3 is 2.34 bits per heavy atom. The number of aromatic nitrogens is 2. The van der Waals surface area contributed by atoms with Crippen LogP contribution in [0.3, 0.4) is 0 Å². The van der Waals surface area contributed by atoms with Crippen LogP contribution in [0.5, 0.6) is 0 Å². The molecule has 5 nitrogen and oxygen atoms in total. The molecule has 0 unspecified atom stereocenters. The van der Waals surface area contributed by atoms with E-state index in [-0.39, 0.29) is 18.1 Å². The van der Waals surface area contributed by atoms with E-state index < -0.39 is 0 Å². The summed E-state index contributed by atoms with van der Waals surface area (Å²) in [5.74, 6) is 0.0874. The molecule has 0 aliphatic heterocycles. The van der Waals surface area contributed by atoms with E-state index in [1.165, 1.54) is 0 Å². The number of hydrogen-bond acceptors (Lipinski definition) is 3. The van der Waals surface area contributed by atoms with Gasteiger partial charge in [-0.3, -0.25) is 4.79 Å². The van der Waals surface area contributed by atoms with E-state index in [2.05, 4.69) is 5.32 Å². The van der Waals surface area contributed by atoms with Crippen molar-refractivity contribution < 1.29 is 9.90 Å². The summed E-state index contributed by atoms with van der Waals surface area (Å²) in [6.07, 6.45) is 2.60. The molecule has 1 aliphatic rings. The Morgan fingerprint density at radius 1 is 1.06 bits per heavy atom. The highest BCUT2D eigenvalue weighted by Gasteiger charge is 2.27. The number of aliphatic hydroxyl groups is 1. The van der Waals surface area contributed by atoms with E-state index in [9.17, 15) is 9.90 Å². The smallest absolute Gasteiger partial charge is 0.287 e. The van der Waals surface area contributed by atoms with Crippen molar-refractivity contribution in [3.63, 3.8) is 0 Å². The number of aliphatic hydroxyl groups excluding tert-OH is 1. The SMILES string of the molecule is CCn1c(C(=O)NC2CCC(O)CC2)nc(-c2ccc(Cl)cc2Cl)c1-c1ccc(Cl)cc1. The lowest BCUT2D eigenvalue weighted by atomic mass is 9.93. The molecule has 1 heterocycles. The predicted molar refractivity (Wildman–Crippen MR) is 130 cm³/mol. The number of benzene rings is 2. The fraction of sp³-hybridized carbons (Fsp3) is 0.333. The van der Waals surface area contributed by atoms with Crippen molar-refractivity contribution in [3.05, 3.63) is 63.4 Å². The maximum Gasteiger partial charge on any atom is 0.287 e. The maximum absolute atomic E-state index is 13.3. The van der Waals surface area contributed by atoms with Crippen LogP contribution in [0.15, 0.2) is 42.5 Å². The third kappa shape index (κ3) is 4.81. The van der Waals surface area contributed by atoms with E-state index in [1.54, 1.807) is 12.1 Å². The molecule has 4 rings (SSSR count). The van der Waals surface area contributed by atoms with Gasteiger partial charge in [0.25, 0.3) is 5.91 Å². The van der Waals surface area contributed by atoms with Crippen molar-refractivity contribution in [3.8, 4) is 22.5 Å². The third-order valence-corrected chi connectivity index (χ3v) is 6.62. The zero-order valence-corrected chi connectivity index (χ0v) is 19.9. The molecular weight excluding hydrogens is 469 g/mol. The molecular formula is C24H24Cl3N3O2. The Balaban J connectivity index is 1.80. The van der Waals surface area contributed by atoms with Crippen LogP contribution in [0.25, 0.3) is 22.5 Å². The number of imidazole rings is 1. The number of halogens is 3. The molecule has 1 fully saturated rings. The Kier molecular flexibility index (Phi) is 7.11. The number of carbonyl (C=O) groups is 1. The largest absolute Gasteiger partial charge is 0.393 e. The van der Waals surface area contributed by atoms with Gasteiger partial charge in [-0.05, 0) is 62.9 Å². The number of amides is 1. The molecule has 1 amide bonds. The number of rotatable bonds is 5. The van der Waals surface area contributed by atoms with Crippen molar-refractivity contribution in [2.75, 3.05) is 0 Å². The maximum atomic E-state index is 13.3. The predicted octanol–water partition coefficient (Wildman–Crippen LogP) is 6.23. The van der Waals surface area contributed by atoms with Crippen LogP contribution < -0.4 is 5.32 Å². The minimum atomic E-state index is -0.282. The second-order valence-electron chi connectivity index (χ2n) is 7.99. The molecule has 0 atom stereocenters. The highest BCUT2D eigenvalue weighted by Crippen LogP contribution is 2.38. The lowest BCUT2D eigenvalue weighted by Crippen LogP contribution is -2.39. The highest BCUT2D eigenvalue weighted by atomic mass is 35.5.